The molecule has 2 N–H and O–H groups in total. The van der Waals surface area contributed by atoms with Gasteiger partial charge in [-0.3, -0.25) is 0 Å². The van der Waals surface area contributed by atoms with Crippen LogP contribution in [-0.4, -0.2) is 23.8 Å². The lowest BCUT2D eigenvalue weighted by molar-refractivity contribution is 0.0725. The van der Waals surface area contributed by atoms with Crippen LogP contribution in [-0.2, 0) is 0 Å². The zero-order valence-corrected chi connectivity index (χ0v) is 9.91. The van der Waals surface area contributed by atoms with E-state index < -0.39 is 0 Å². The summed E-state index contributed by atoms with van der Waals surface area (Å²) in [6.07, 6.45) is 9.01. The molecule has 0 bridgehead atoms. The van der Waals surface area contributed by atoms with Gasteiger partial charge in [0.1, 0.15) is 0 Å². The molecule has 0 aliphatic heterocycles. The van der Waals surface area contributed by atoms with Gasteiger partial charge in [0.15, 0.2) is 0 Å². The van der Waals surface area contributed by atoms with Crippen molar-refractivity contribution in [2.45, 2.75) is 64.0 Å². The molecule has 0 spiro atoms. The van der Waals surface area contributed by atoms with E-state index in [1.807, 2.05) is 0 Å². The van der Waals surface area contributed by atoms with Crippen molar-refractivity contribution < 1.29 is 5.11 Å². The Morgan fingerprint density at radius 3 is 2.33 bits per heavy atom. The zero-order valence-electron chi connectivity index (χ0n) is 9.91. The molecular weight excluding hydrogens is 186 g/mol. The Morgan fingerprint density at radius 1 is 1.13 bits per heavy atom. The second kappa shape index (κ2) is 5.31. The van der Waals surface area contributed by atoms with E-state index in [1.165, 1.54) is 44.9 Å². The maximum atomic E-state index is 10.0. The summed E-state index contributed by atoms with van der Waals surface area (Å²) in [5.74, 6) is 1.50. The van der Waals surface area contributed by atoms with Gasteiger partial charge in [-0.2, -0.15) is 0 Å². The van der Waals surface area contributed by atoms with Crippen LogP contribution < -0.4 is 5.32 Å². The fourth-order valence-electron chi connectivity index (χ4n) is 2.72. The number of hydrogen-bond acceptors (Lipinski definition) is 2. The first-order valence-electron chi connectivity index (χ1n) is 6.71. The Labute approximate surface area is 93.5 Å². The molecule has 2 heteroatoms. The van der Waals surface area contributed by atoms with E-state index in [4.69, 9.17) is 0 Å². The second-order valence-corrected chi connectivity index (χ2v) is 5.44. The first-order chi connectivity index (χ1) is 7.29. The maximum absolute atomic E-state index is 10.0. The average Bonchev–Trinajstić information content (AvgIpc) is 3.10. The molecule has 0 amide bonds. The molecule has 1 unspecified atom stereocenters. The average molecular weight is 211 g/mol. The van der Waals surface area contributed by atoms with E-state index in [2.05, 4.69) is 12.2 Å². The van der Waals surface area contributed by atoms with Gasteiger partial charge in [-0.05, 0) is 37.5 Å². The third kappa shape index (κ3) is 3.46. The third-order valence-corrected chi connectivity index (χ3v) is 4.21. The molecule has 2 saturated carbocycles. The van der Waals surface area contributed by atoms with Crippen LogP contribution in [0.4, 0.5) is 0 Å². The smallest absolute Gasteiger partial charge is 0.0692 e. The highest BCUT2D eigenvalue weighted by Crippen LogP contribution is 2.32. The first kappa shape index (κ1) is 11.4. The van der Waals surface area contributed by atoms with Crippen LogP contribution in [0.2, 0.25) is 0 Å². The summed E-state index contributed by atoms with van der Waals surface area (Å²) in [5.41, 5.74) is 0. The van der Waals surface area contributed by atoms with E-state index in [9.17, 15) is 5.11 Å². The van der Waals surface area contributed by atoms with Crippen LogP contribution in [0.3, 0.4) is 0 Å². The minimum atomic E-state index is -0.0941. The predicted molar refractivity (Wildman–Crippen MR) is 62.8 cm³/mol. The van der Waals surface area contributed by atoms with Crippen LogP contribution in [0.1, 0.15) is 51.9 Å². The normalized spacial score (nSPS) is 34.0. The molecule has 0 aromatic carbocycles. The number of aliphatic hydroxyl groups excluding tert-OH is 1. The van der Waals surface area contributed by atoms with E-state index >= 15 is 0 Å². The summed E-state index contributed by atoms with van der Waals surface area (Å²) >= 11 is 0. The van der Waals surface area contributed by atoms with Gasteiger partial charge in [-0.15, -0.1) is 0 Å². The molecule has 2 aliphatic carbocycles. The summed E-state index contributed by atoms with van der Waals surface area (Å²) in [7, 11) is 0. The standard InChI is InChI=1S/C13H25NO/c1-2-10-3-5-11(6-4-10)13(15)9-14-12-7-8-12/h10-15H,2-9H2,1H3. The van der Waals surface area contributed by atoms with Crippen molar-refractivity contribution in [1.82, 2.24) is 5.32 Å². The second-order valence-electron chi connectivity index (χ2n) is 5.44. The van der Waals surface area contributed by atoms with Gasteiger partial charge in [0.25, 0.3) is 0 Å². The lowest BCUT2D eigenvalue weighted by Crippen LogP contribution is -2.35. The topological polar surface area (TPSA) is 32.3 Å². The van der Waals surface area contributed by atoms with Crippen LogP contribution in [0.25, 0.3) is 0 Å². The lowest BCUT2D eigenvalue weighted by Gasteiger charge is -2.31. The summed E-state index contributed by atoms with van der Waals surface area (Å²) in [6.45, 7) is 3.11. The van der Waals surface area contributed by atoms with Crippen molar-refractivity contribution in [1.29, 1.82) is 0 Å². The molecule has 88 valence electrons. The van der Waals surface area contributed by atoms with Crippen molar-refractivity contribution in [3.63, 3.8) is 0 Å². The fraction of sp³-hybridized carbons (Fsp3) is 1.00. The molecule has 0 aromatic heterocycles. The molecule has 2 aliphatic rings. The van der Waals surface area contributed by atoms with Gasteiger partial charge < -0.3 is 10.4 Å². The summed E-state index contributed by atoms with van der Waals surface area (Å²) in [4.78, 5) is 0. The van der Waals surface area contributed by atoms with Crippen molar-refractivity contribution in [3.8, 4) is 0 Å². The third-order valence-electron chi connectivity index (χ3n) is 4.21. The van der Waals surface area contributed by atoms with Crippen LogP contribution in [0, 0.1) is 11.8 Å². The van der Waals surface area contributed by atoms with Crippen molar-refractivity contribution in [2.24, 2.45) is 11.8 Å². The zero-order chi connectivity index (χ0) is 10.7. The minimum absolute atomic E-state index is 0.0941. The van der Waals surface area contributed by atoms with Gasteiger partial charge in [0.05, 0.1) is 6.10 Å². The van der Waals surface area contributed by atoms with Gasteiger partial charge in [0.2, 0.25) is 0 Å². The SMILES string of the molecule is CCC1CCC(C(O)CNC2CC2)CC1. The van der Waals surface area contributed by atoms with Gasteiger partial charge >= 0.3 is 0 Å². The van der Waals surface area contributed by atoms with Gasteiger partial charge in [-0.1, -0.05) is 26.2 Å². The molecule has 0 radical (unpaired) electrons. The molecular formula is C13H25NO. The molecule has 2 nitrogen and oxygen atoms in total. The molecule has 0 heterocycles. The fourth-order valence-corrected chi connectivity index (χ4v) is 2.72. The van der Waals surface area contributed by atoms with Gasteiger partial charge in [-0.25, -0.2) is 0 Å². The molecule has 0 aromatic rings. The number of hydrogen-bond donors (Lipinski definition) is 2. The van der Waals surface area contributed by atoms with Crippen LogP contribution in [0.15, 0.2) is 0 Å². The summed E-state index contributed by atoms with van der Waals surface area (Å²) < 4.78 is 0. The quantitative estimate of drug-likeness (QED) is 0.731. The molecule has 0 saturated heterocycles. The van der Waals surface area contributed by atoms with Crippen molar-refractivity contribution in [2.75, 3.05) is 6.54 Å². The monoisotopic (exact) mass is 211 g/mol. The Hall–Kier alpha value is -0.0800. The van der Waals surface area contributed by atoms with E-state index in [-0.39, 0.29) is 6.10 Å². The van der Waals surface area contributed by atoms with Crippen LogP contribution >= 0.6 is 0 Å². The lowest BCUT2D eigenvalue weighted by atomic mass is 9.78. The molecule has 1 atom stereocenters. The molecule has 2 fully saturated rings. The van der Waals surface area contributed by atoms with Crippen molar-refractivity contribution in [3.05, 3.63) is 0 Å². The highest BCUT2D eigenvalue weighted by Gasteiger charge is 2.27. The van der Waals surface area contributed by atoms with E-state index in [0.717, 1.165) is 18.5 Å². The highest BCUT2D eigenvalue weighted by atomic mass is 16.3. The molecule has 15 heavy (non-hydrogen) atoms. The maximum Gasteiger partial charge on any atom is 0.0692 e. The Bertz CT molecular complexity index is 183. The minimum Gasteiger partial charge on any atom is -0.392 e. The Morgan fingerprint density at radius 2 is 1.80 bits per heavy atom. The van der Waals surface area contributed by atoms with Crippen molar-refractivity contribution >= 4 is 0 Å². The van der Waals surface area contributed by atoms with Gasteiger partial charge in [0, 0.05) is 12.6 Å². The Balaban J connectivity index is 1.64. The number of aliphatic hydroxyl groups is 1. The van der Waals surface area contributed by atoms with E-state index in [1.54, 1.807) is 0 Å². The largest absolute Gasteiger partial charge is 0.392 e. The number of nitrogens with one attached hydrogen (secondary N) is 1. The predicted octanol–water partition coefficient (Wildman–Crippen LogP) is 2.32. The Kier molecular flexibility index (Phi) is 4.04. The summed E-state index contributed by atoms with van der Waals surface area (Å²) in [6, 6.07) is 0.728. The summed E-state index contributed by atoms with van der Waals surface area (Å²) in [5, 5.41) is 13.5. The molecule has 2 rings (SSSR count). The van der Waals surface area contributed by atoms with E-state index in [0.29, 0.717) is 5.92 Å². The van der Waals surface area contributed by atoms with Crippen LogP contribution in [0.5, 0.6) is 0 Å². The first-order valence-corrected chi connectivity index (χ1v) is 6.71. The number of rotatable bonds is 5. The highest BCUT2D eigenvalue weighted by molar-refractivity contribution is 4.84.